The molecule has 0 heterocycles. The van der Waals surface area contributed by atoms with E-state index < -0.39 is 5.79 Å². The van der Waals surface area contributed by atoms with E-state index >= 15 is 0 Å². The molecule has 3 nitrogen and oxygen atoms in total. The van der Waals surface area contributed by atoms with Crippen molar-refractivity contribution >= 4 is 0 Å². The molecule has 0 amide bonds. The van der Waals surface area contributed by atoms with Gasteiger partial charge in [-0.15, -0.1) is 0 Å². The van der Waals surface area contributed by atoms with E-state index in [1.165, 1.54) is 0 Å². The molecule has 15 heavy (non-hydrogen) atoms. The molecule has 1 unspecified atom stereocenters. The van der Waals surface area contributed by atoms with Crippen molar-refractivity contribution in [2.45, 2.75) is 38.6 Å². The number of methoxy groups -OCH3 is 2. The molecule has 0 aromatic carbocycles. The molecular weight excluding hydrogens is 190 g/mol. The molecule has 0 bridgehead atoms. The fourth-order valence-corrected chi connectivity index (χ4v) is 1.82. The van der Waals surface area contributed by atoms with Crippen LogP contribution in [0.5, 0.6) is 0 Å². The minimum atomic E-state index is -0.677. The van der Waals surface area contributed by atoms with Crippen molar-refractivity contribution in [2.75, 3.05) is 14.2 Å². The minimum absolute atomic E-state index is 0.0520. The normalized spacial score (nSPS) is 24.4. The van der Waals surface area contributed by atoms with E-state index in [9.17, 15) is 0 Å². The highest BCUT2D eigenvalue weighted by Crippen LogP contribution is 2.26. The second-order valence-corrected chi connectivity index (χ2v) is 4.18. The van der Waals surface area contributed by atoms with Crippen LogP contribution >= 0.6 is 0 Å². The average molecular weight is 211 g/mol. The zero-order chi connectivity index (χ0) is 11.5. The lowest BCUT2D eigenvalue weighted by atomic mass is 9.96. The van der Waals surface area contributed by atoms with Crippen molar-refractivity contribution in [3.8, 4) is 0 Å². The van der Waals surface area contributed by atoms with Gasteiger partial charge in [-0.1, -0.05) is 26.0 Å². The molecule has 0 spiro atoms. The van der Waals surface area contributed by atoms with Crippen LogP contribution in [-0.2, 0) is 9.47 Å². The lowest BCUT2D eigenvalue weighted by Crippen LogP contribution is -2.54. The molecule has 0 fully saturated rings. The van der Waals surface area contributed by atoms with E-state index in [0.717, 1.165) is 5.57 Å². The SMILES string of the molecule is COC1(OC)C=C(C)C=CC1NC(C)C. The van der Waals surface area contributed by atoms with E-state index in [0.29, 0.717) is 6.04 Å². The third-order valence-corrected chi connectivity index (χ3v) is 2.56. The fraction of sp³-hybridized carbons (Fsp3) is 0.667. The average Bonchev–Trinajstić information content (AvgIpc) is 2.20. The second kappa shape index (κ2) is 4.92. The maximum Gasteiger partial charge on any atom is 0.207 e. The predicted molar refractivity (Wildman–Crippen MR) is 61.7 cm³/mol. The van der Waals surface area contributed by atoms with Crippen molar-refractivity contribution < 1.29 is 9.47 Å². The van der Waals surface area contributed by atoms with Gasteiger partial charge in [-0.25, -0.2) is 0 Å². The van der Waals surface area contributed by atoms with E-state index in [1.54, 1.807) is 14.2 Å². The molecule has 1 atom stereocenters. The summed E-state index contributed by atoms with van der Waals surface area (Å²) in [5.74, 6) is -0.677. The minimum Gasteiger partial charge on any atom is -0.348 e. The molecule has 0 aliphatic heterocycles. The van der Waals surface area contributed by atoms with Crippen LogP contribution in [0.4, 0.5) is 0 Å². The molecule has 3 heteroatoms. The Kier molecular flexibility index (Phi) is 4.08. The monoisotopic (exact) mass is 211 g/mol. The number of hydrogen-bond donors (Lipinski definition) is 1. The Morgan fingerprint density at radius 3 is 2.40 bits per heavy atom. The summed E-state index contributed by atoms with van der Waals surface area (Å²) in [4.78, 5) is 0. The van der Waals surface area contributed by atoms with Gasteiger partial charge in [-0.3, -0.25) is 0 Å². The van der Waals surface area contributed by atoms with Crippen molar-refractivity contribution in [1.82, 2.24) is 5.32 Å². The molecule has 0 saturated carbocycles. The van der Waals surface area contributed by atoms with Gasteiger partial charge < -0.3 is 14.8 Å². The molecule has 86 valence electrons. The highest BCUT2D eigenvalue weighted by atomic mass is 16.7. The quantitative estimate of drug-likeness (QED) is 0.720. The lowest BCUT2D eigenvalue weighted by Gasteiger charge is -2.38. The van der Waals surface area contributed by atoms with Crippen LogP contribution in [0.25, 0.3) is 0 Å². The molecule has 0 aromatic heterocycles. The van der Waals surface area contributed by atoms with Crippen LogP contribution in [0, 0.1) is 0 Å². The second-order valence-electron chi connectivity index (χ2n) is 4.18. The van der Waals surface area contributed by atoms with Crippen LogP contribution in [0.3, 0.4) is 0 Å². The Labute approximate surface area is 92.1 Å². The summed E-state index contributed by atoms with van der Waals surface area (Å²) in [6, 6.07) is 0.437. The molecule has 0 saturated heterocycles. The summed E-state index contributed by atoms with van der Waals surface area (Å²) < 4.78 is 11.0. The van der Waals surface area contributed by atoms with Gasteiger partial charge in [0.05, 0.1) is 6.04 Å². The fourth-order valence-electron chi connectivity index (χ4n) is 1.82. The predicted octanol–water partition coefficient (Wildman–Crippen LogP) is 1.86. The maximum atomic E-state index is 5.50. The van der Waals surface area contributed by atoms with Crippen LogP contribution < -0.4 is 5.32 Å². The molecule has 0 radical (unpaired) electrons. The van der Waals surface area contributed by atoms with Gasteiger partial charge in [0.15, 0.2) is 0 Å². The third-order valence-electron chi connectivity index (χ3n) is 2.56. The summed E-state index contributed by atoms with van der Waals surface area (Å²) >= 11 is 0. The first-order valence-electron chi connectivity index (χ1n) is 5.28. The largest absolute Gasteiger partial charge is 0.348 e. The summed E-state index contributed by atoms with van der Waals surface area (Å²) in [6.07, 6.45) is 6.17. The molecular formula is C12H21NO2. The van der Waals surface area contributed by atoms with Gasteiger partial charge in [-0.05, 0) is 18.6 Å². The zero-order valence-corrected chi connectivity index (χ0v) is 10.2. The van der Waals surface area contributed by atoms with E-state index in [4.69, 9.17) is 9.47 Å². The van der Waals surface area contributed by atoms with E-state index in [-0.39, 0.29) is 6.04 Å². The maximum absolute atomic E-state index is 5.50. The van der Waals surface area contributed by atoms with Gasteiger partial charge in [0.1, 0.15) is 0 Å². The lowest BCUT2D eigenvalue weighted by molar-refractivity contribution is -0.183. The van der Waals surface area contributed by atoms with Gasteiger partial charge >= 0.3 is 0 Å². The summed E-state index contributed by atoms with van der Waals surface area (Å²) in [7, 11) is 3.34. The molecule has 1 aliphatic carbocycles. The third kappa shape index (κ3) is 2.68. The topological polar surface area (TPSA) is 30.5 Å². The summed E-state index contributed by atoms with van der Waals surface area (Å²) in [6.45, 7) is 6.25. The van der Waals surface area contributed by atoms with Gasteiger partial charge in [0, 0.05) is 20.3 Å². The van der Waals surface area contributed by atoms with Crippen LogP contribution in [0.2, 0.25) is 0 Å². The molecule has 1 aliphatic rings. The number of allylic oxidation sites excluding steroid dienone is 2. The number of nitrogens with one attached hydrogen (secondary N) is 1. The molecule has 0 aromatic rings. The Morgan fingerprint density at radius 1 is 1.33 bits per heavy atom. The Morgan fingerprint density at radius 2 is 1.93 bits per heavy atom. The first kappa shape index (κ1) is 12.4. The van der Waals surface area contributed by atoms with E-state index in [1.807, 2.05) is 13.0 Å². The smallest absolute Gasteiger partial charge is 0.207 e. The standard InChI is InChI=1S/C12H21NO2/c1-9(2)13-11-7-6-10(3)8-12(11,14-4)15-5/h6-9,11,13H,1-5H3. The van der Waals surface area contributed by atoms with Crippen molar-refractivity contribution in [3.63, 3.8) is 0 Å². The number of rotatable bonds is 4. The Balaban J connectivity index is 2.90. The van der Waals surface area contributed by atoms with Crippen LogP contribution in [0.15, 0.2) is 23.8 Å². The first-order valence-corrected chi connectivity index (χ1v) is 5.28. The van der Waals surface area contributed by atoms with Gasteiger partial charge in [0.25, 0.3) is 0 Å². The number of ether oxygens (including phenoxy) is 2. The number of hydrogen-bond acceptors (Lipinski definition) is 3. The van der Waals surface area contributed by atoms with Gasteiger partial charge in [-0.2, -0.15) is 0 Å². The summed E-state index contributed by atoms with van der Waals surface area (Å²) in [5, 5.41) is 3.41. The zero-order valence-electron chi connectivity index (χ0n) is 10.2. The summed E-state index contributed by atoms with van der Waals surface area (Å²) in [5.41, 5.74) is 1.15. The molecule has 1 N–H and O–H groups in total. The van der Waals surface area contributed by atoms with Crippen molar-refractivity contribution in [1.29, 1.82) is 0 Å². The highest BCUT2D eigenvalue weighted by Gasteiger charge is 2.37. The van der Waals surface area contributed by atoms with Crippen molar-refractivity contribution in [2.24, 2.45) is 0 Å². The van der Waals surface area contributed by atoms with Crippen molar-refractivity contribution in [3.05, 3.63) is 23.8 Å². The Hall–Kier alpha value is -0.640. The Bertz CT molecular complexity index is 265. The highest BCUT2D eigenvalue weighted by molar-refractivity contribution is 5.29. The first-order chi connectivity index (χ1) is 7.04. The molecule has 1 rings (SSSR count). The van der Waals surface area contributed by atoms with E-state index in [2.05, 4.69) is 31.3 Å². The van der Waals surface area contributed by atoms with Gasteiger partial charge in [0.2, 0.25) is 5.79 Å². The van der Waals surface area contributed by atoms with Crippen LogP contribution in [0.1, 0.15) is 20.8 Å². The van der Waals surface area contributed by atoms with Crippen LogP contribution in [-0.4, -0.2) is 32.1 Å².